The lowest BCUT2D eigenvalue weighted by Crippen LogP contribution is -2.34. The van der Waals surface area contributed by atoms with Crippen molar-refractivity contribution in [2.75, 3.05) is 20.7 Å². The number of aliphatic hydroxyl groups is 1. The molecule has 2 unspecified atom stereocenters. The lowest BCUT2D eigenvalue weighted by Gasteiger charge is -2.30. The van der Waals surface area contributed by atoms with Gasteiger partial charge in [0.25, 0.3) is 0 Å². The van der Waals surface area contributed by atoms with Crippen molar-refractivity contribution in [2.45, 2.75) is 44.9 Å². The topological polar surface area (TPSA) is 71.6 Å². The van der Waals surface area contributed by atoms with E-state index in [1.807, 2.05) is 7.05 Å². The highest BCUT2D eigenvalue weighted by atomic mass is 16.5. The van der Waals surface area contributed by atoms with Gasteiger partial charge in [-0.25, -0.2) is 0 Å². The molecule has 1 fully saturated rings. The summed E-state index contributed by atoms with van der Waals surface area (Å²) in [6, 6.07) is 0. The molecule has 0 aliphatic heterocycles. The van der Waals surface area contributed by atoms with Crippen LogP contribution in [0, 0.1) is 5.92 Å². The molecule has 1 aromatic heterocycles. The summed E-state index contributed by atoms with van der Waals surface area (Å²) in [4.78, 5) is 6.37. The van der Waals surface area contributed by atoms with Crippen LogP contribution >= 0.6 is 0 Å². The Morgan fingerprint density at radius 2 is 2.21 bits per heavy atom. The molecule has 0 saturated heterocycles. The second-order valence-corrected chi connectivity index (χ2v) is 5.35. The van der Waals surface area contributed by atoms with Gasteiger partial charge in [-0.05, 0) is 25.8 Å². The Kier molecular flexibility index (Phi) is 5.30. The first kappa shape index (κ1) is 14.4. The summed E-state index contributed by atoms with van der Waals surface area (Å²) in [7, 11) is 3.62. The third-order valence-electron chi connectivity index (χ3n) is 3.60. The average Bonchev–Trinajstić information content (AvgIpc) is 2.80. The average molecular weight is 269 g/mol. The van der Waals surface area contributed by atoms with Crippen molar-refractivity contribution in [3.63, 3.8) is 0 Å². The van der Waals surface area contributed by atoms with Crippen LogP contribution < -0.4 is 0 Å². The summed E-state index contributed by atoms with van der Waals surface area (Å²) < 4.78 is 10.1. The summed E-state index contributed by atoms with van der Waals surface area (Å²) >= 11 is 0. The van der Waals surface area contributed by atoms with Gasteiger partial charge in [-0.3, -0.25) is 4.90 Å². The summed E-state index contributed by atoms with van der Waals surface area (Å²) in [5.41, 5.74) is 0. The van der Waals surface area contributed by atoms with Gasteiger partial charge in [0, 0.05) is 13.7 Å². The van der Waals surface area contributed by atoms with E-state index >= 15 is 0 Å². The molecule has 2 rings (SSSR count). The van der Waals surface area contributed by atoms with Crippen molar-refractivity contribution in [3.05, 3.63) is 11.7 Å². The smallest absolute Gasteiger partial charge is 0.240 e. The Labute approximate surface area is 113 Å². The number of nitrogens with zero attached hydrogens (tertiary/aromatic N) is 3. The van der Waals surface area contributed by atoms with Crippen LogP contribution in [0.25, 0.3) is 0 Å². The third kappa shape index (κ3) is 4.26. The molecule has 1 saturated carbocycles. The van der Waals surface area contributed by atoms with Crippen LogP contribution in [-0.4, -0.2) is 47.0 Å². The minimum Gasteiger partial charge on any atom is -0.393 e. The van der Waals surface area contributed by atoms with Gasteiger partial charge in [-0.2, -0.15) is 4.98 Å². The maximum absolute atomic E-state index is 9.96. The third-order valence-corrected chi connectivity index (χ3v) is 3.60. The molecular formula is C13H23N3O3. The van der Waals surface area contributed by atoms with Gasteiger partial charge < -0.3 is 14.4 Å². The van der Waals surface area contributed by atoms with Crippen LogP contribution in [0.15, 0.2) is 4.52 Å². The largest absolute Gasteiger partial charge is 0.393 e. The van der Waals surface area contributed by atoms with Gasteiger partial charge in [0.15, 0.2) is 5.82 Å². The van der Waals surface area contributed by atoms with Crippen LogP contribution in [0.3, 0.4) is 0 Å². The van der Waals surface area contributed by atoms with Gasteiger partial charge >= 0.3 is 0 Å². The molecule has 0 spiro atoms. The van der Waals surface area contributed by atoms with E-state index in [-0.39, 0.29) is 6.10 Å². The van der Waals surface area contributed by atoms with Crippen LogP contribution in [0.4, 0.5) is 0 Å². The molecule has 0 aromatic carbocycles. The van der Waals surface area contributed by atoms with Crippen molar-refractivity contribution in [2.24, 2.45) is 5.92 Å². The summed E-state index contributed by atoms with van der Waals surface area (Å²) in [5.74, 6) is 1.53. The highest BCUT2D eigenvalue weighted by Crippen LogP contribution is 2.25. The van der Waals surface area contributed by atoms with E-state index in [1.54, 1.807) is 7.11 Å². The maximum Gasteiger partial charge on any atom is 0.240 e. The Morgan fingerprint density at radius 1 is 1.42 bits per heavy atom. The molecule has 1 aliphatic rings. The van der Waals surface area contributed by atoms with Crippen LogP contribution in [-0.2, 0) is 17.9 Å². The van der Waals surface area contributed by atoms with Gasteiger partial charge in [-0.15, -0.1) is 0 Å². The van der Waals surface area contributed by atoms with Crippen molar-refractivity contribution in [1.82, 2.24) is 15.0 Å². The first-order valence-electron chi connectivity index (χ1n) is 6.86. The number of ether oxygens (including phenoxy) is 1. The predicted molar refractivity (Wildman–Crippen MR) is 69.3 cm³/mol. The highest BCUT2D eigenvalue weighted by molar-refractivity contribution is 4.85. The lowest BCUT2D eigenvalue weighted by atomic mass is 9.86. The Hall–Kier alpha value is -0.980. The minimum absolute atomic E-state index is 0.164. The van der Waals surface area contributed by atoms with E-state index in [0.29, 0.717) is 30.8 Å². The van der Waals surface area contributed by atoms with E-state index < -0.39 is 0 Å². The second kappa shape index (κ2) is 6.98. The molecule has 2 atom stereocenters. The Bertz CT molecular complexity index is 383. The van der Waals surface area contributed by atoms with Gasteiger partial charge in [0.2, 0.25) is 5.89 Å². The van der Waals surface area contributed by atoms with Gasteiger partial charge in [0.1, 0.15) is 6.61 Å². The van der Waals surface area contributed by atoms with E-state index in [1.165, 1.54) is 6.42 Å². The maximum atomic E-state index is 9.96. The standard InChI is InChI=1S/C13H23N3O3/c1-16(7-10-5-3-4-6-11(10)17)8-13-14-12(9-18-2)15-19-13/h10-11,17H,3-9H2,1-2H3. The molecule has 1 heterocycles. The zero-order chi connectivity index (χ0) is 13.7. The molecule has 6 heteroatoms. The Balaban J connectivity index is 1.80. The number of methoxy groups -OCH3 is 1. The van der Waals surface area contributed by atoms with E-state index in [0.717, 1.165) is 25.8 Å². The van der Waals surface area contributed by atoms with E-state index in [2.05, 4.69) is 15.0 Å². The predicted octanol–water partition coefficient (Wildman–Crippen LogP) is 1.20. The molecular weight excluding hydrogens is 246 g/mol. The van der Waals surface area contributed by atoms with E-state index in [4.69, 9.17) is 9.26 Å². The monoisotopic (exact) mass is 269 g/mol. The van der Waals surface area contributed by atoms with Crippen molar-refractivity contribution < 1.29 is 14.4 Å². The van der Waals surface area contributed by atoms with Gasteiger partial charge in [-0.1, -0.05) is 18.0 Å². The molecule has 1 aromatic rings. The highest BCUT2D eigenvalue weighted by Gasteiger charge is 2.24. The van der Waals surface area contributed by atoms with Crippen LogP contribution in [0.5, 0.6) is 0 Å². The normalized spacial score (nSPS) is 24.0. The zero-order valence-electron chi connectivity index (χ0n) is 11.7. The SMILES string of the molecule is COCc1noc(CN(C)CC2CCCCC2O)n1. The summed E-state index contributed by atoms with van der Waals surface area (Å²) in [6.45, 7) is 1.84. The van der Waals surface area contributed by atoms with Crippen molar-refractivity contribution in [1.29, 1.82) is 0 Å². The molecule has 6 nitrogen and oxygen atoms in total. The molecule has 0 amide bonds. The fourth-order valence-corrected chi connectivity index (χ4v) is 2.64. The second-order valence-electron chi connectivity index (χ2n) is 5.35. The quantitative estimate of drug-likeness (QED) is 0.836. The lowest BCUT2D eigenvalue weighted by molar-refractivity contribution is 0.0484. The molecule has 1 aliphatic carbocycles. The zero-order valence-corrected chi connectivity index (χ0v) is 11.7. The van der Waals surface area contributed by atoms with Crippen molar-refractivity contribution >= 4 is 0 Å². The number of aromatic nitrogens is 2. The fourth-order valence-electron chi connectivity index (χ4n) is 2.64. The van der Waals surface area contributed by atoms with E-state index in [9.17, 15) is 5.11 Å². The molecule has 0 bridgehead atoms. The Morgan fingerprint density at radius 3 is 2.95 bits per heavy atom. The number of hydrogen-bond acceptors (Lipinski definition) is 6. The molecule has 1 N–H and O–H groups in total. The van der Waals surface area contributed by atoms with Crippen LogP contribution in [0.1, 0.15) is 37.4 Å². The number of rotatable bonds is 6. The van der Waals surface area contributed by atoms with Crippen LogP contribution in [0.2, 0.25) is 0 Å². The van der Waals surface area contributed by atoms with Gasteiger partial charge in [0.05, 0.1) is 12.6 Å². The fraction of sp³-hybridized carbons (Fsp3) is 0.846. The first-order valence-corrected chi connectivity index (χ1v) is 6.86. The molecule has 108 valence electrons. The minimum atomic E-state index is -0.164. The number of aliphatic hydroxyl groups excluding tert-OH is 1. The molecule has 19 heavy (non-hydrogen) atoms. The summed E-state index contributed by atoms with van der Waals surface area (Å²) in [6.07, 6.45) is 4.23. The molecule has 0 radical (unpaired) electrons. The first-order chi connectivity index (χ1) is 9.19. The number of hydrogen-bond donors (Lipinski definition) is 1. The summed E-state index contributed by atoms with van der Waals surface area (Å²) in [5, 5.41) is 13.8. The van der Waals surface area contributed by atoms with Crippen molar-refractivity contribution in [3.8, 4) is 0 Å².